The molecular formula is C18H11F4NO2. The third-order valence-electron chi connectivity index (χ3n) is 3.44. The van der Waals surface area contributed by atoms with Crippen molar-refractivity contribution in [2.45, 2.75) is 6.18 Å². The number of hydrogen-bond acceptors (Lipinski definition) is 2. The van der Waals surface area contributed by atoms with Crippen LogP contribution in [-0.2, 0) is 6.18 Å². The van der Waals surface area contributed by atoms with E-state index in [1.54, 1.807) is 0 Å². The van der Waals surface area contributed by atoms with Gasteiger partial charge >= 0.3 is 6.18 Å². The first-order valence-electron chi connectivity index (χ1n) is 7.18. The van der Waals surface area contributed by atoms with Gasteiger partial charge in [0.1, 0.15) is 11.6 Å². The van der Waals surface area contributed by atoms with Gasteiger partial charge in [-0.25, -0.2) is 4.39 Å². The molecule has 3 rings (SSSR count). The van der Waals surface area contributed by atoms with E-state index in [-0.39, 0.29) is 11.4 Å². The SMILES string of the molecule is O=C(Nc1ccccc1C(F)(F)F)c1ccc(-c2ccc(F)cc2)o1. The van der Waals surface area contributed by atoms with E-state index in [2.05, 4.69) is 5.32 Å². The van der Waals surface area contributed by atoms with Gasteiger partial charge in [0, 0.05) is 5.56 Å². The Bertz CT molecular complexity index is 898. The number of alkyl halides is 3. The van der Waals surface area contributed by atoms with Gasteiger partial charge in [-0.15, -0.1) is 0 Å². The molecule has 0 spiro atoms. The first-order valence-corrected chi connectivity index (χ1v) is 7.18. The summed E-state index contributed by atoms with van der Waals surface area (Å²) in [6.07, 6.45) is -4.59. The normalized spacial score (nSPS) is 11.4. The molecule has 0 aliphatic heterocycles. The van der Waals surface area contributed by atoms with Crippen molar-refractivity contribution >= 4 is 11.6 Å². The van der Waals surface area contributed by atoms with E-state index in [0.29, 0.717) is 11.3 Å². The Balaban J connectivity index is 1.83. The van der Waals surface area contributed by atoms with Crippen LogP contribution in [0.1, 0.15) is 16.1 Å². The molecule has 1 heterocycles. The van der Waals surface area contributed by atoms with Crippen LogP contribution in [-0.4, -0.2) is 5.91 Å². The summed E-state index contributed by atoms with van der Waals surface area (Å²) in [7, 11) is 0. The van der Waals surface area contributed by atoms with E-state index in [1.165, 1.54) is 48.5 Å². The second-order valence-corrected chi connectivity index (χ2v) is 5.17. The average molecular weight is 349 g/mol. The molecule has 0 aliphatic carbocycles. The molecule has 0 saturated heterocycles. The predicted molar refractivity (Wildman–Crippen MR) is 83.5 cm³/mol. The van der Waals surface area contributed by atoms with Crippen molar-refractivity contribution in [3.8, 4) is 11.3 Å². The van der Waals surface area contributed by atoms with Crippen LogP contribution in [0.4, 0.5) is 23.2 Å². The highest BCUT2D eigenvalue weighted by molar-refractivity contribution is 6.03. The van der Waals surface area contributed by atoms with Crippen LogP contribution in [0.15, 0.2) is 65.1 Å². The maximum absolute atomic E-state index is 13.0. The Hall–Kier alpha value is -3.09. The van der Waals surface area contributed by atoms with Gasteiger partial charge in [-0.1, -0.05) is 12.1 Å². The van der Waals surface area contributed by atoms with Gasteiger partial charge in [0.05, 0.1) is 11.3 Å². The van der Waals surface area contributed by atoms with Gasteiger partial charge in [-0.05, 0) is 48.5 Å². The molecule has 0 saturated carbocycles. The van der Waals surface area contributed by atoms with Crippen LogP contribution >= 0.6 is 0 Å². The molecule has 1 amide bonds. The van der Waals surface area contributed by atoms with E-state index < -0.39 is 23.5 Å². The number of furan rings is 1. The number of anilines is 1. The molecule has 1 N–H and O–H groups in total. The minimum atomic E-state index is -4.59. The maximum Gasteiger partial charge on any atom is 0.418 e. The second-order valence-electron chi connectivity index (χ2n) is 5.17. The molecule has 0 radical (unpaired) electrons. The van der Waals surface area contributed by atoms with Gasteiger partial charge in [-0.3, -0.25) is 4.79 Å². The van der Waals surface area contributed by atoms with Crippen molar-refractivity contribution in [3.05, 3.63) is 77.8 Å². The highest BCUT2D eigenvalue weighted by Crippen LogP contribution is 2.34. The molecule has 0 atom stereocenters. The zero-order chi connectivity index (χ0) is 18.0. The number of hydrogen-bond donors (Lipinski definition) is 1. The van der Waals surface area contributed by atoms with Gasteiger partial charge in [0.2, 0.25) is 0 Å². The van der Waals surface area contributed by atoms with Gasteiger partial charge in [-0.2, -0.15) is 13.2 Å². The predicted octanol–water partition coefficient (Wildman–Crippen LogP) is 5.36. The van der Waals surface area contributed by atoms with Gasteiger partial charge < -0.3 is 9.73 Å². The van der Waals surface area contributed by atoms with Crippen molar-refractivity contribution < 1.29 is 26.8 Å². The summed E-state index contributed by atoms with van der Waals surface area (Å²) < 4.78 is 57.1. The number of carbonyl (C=O) groups is 1. The molecule has 1 aromatic heterocycles. The van der Waals surface area contributed by atoms with Crippen LogP contribution in [0.25, 0.3) is 11.3 Å². The molecule has 0 aliphatic rings. The lowest BCUT2D eigenvalue weighted by Gasteiger charge is -2.12. The molecule has 0 fully saturated rings. The molecule has 3 nitrogen and oxygen atoms in total. The van der Waals surface area contributed by atoms with E-state index in [4.69, 9.17) is 4.42 Å². The van der Waals surface area contributed by atoms with E-state index in [1.807, 2.05) is 0 Å². The Morgan fingerprint density at radius 2 is 1.60 bits per heavy atom. The standard InChI is InChI=1S/C18H11F4NO2/c19-12-7-5-11(6-8-12)15-9-10-16(25-15)17(24)23-14-4-2-1-3-13(14)18(20,21)22/h1-10H,(H,23,24). The highest BCUT2D eigenvalue weighted by Gasteiger charge is 2.33. The summed E-state index contributed by atoms with van der Waals surface area (Å²) in [6.45, 7) is 0. The fraction of sp³-hybridized carbons (Fsp3) is 0.0556. The van der Waals surface area contributed by atoms with E-state index >= 15 is 0 Å². The minimum Gasteiger partial charge on any atom is -0.451 e. The molecule has 0 bridgehead atoms. The van der Waals surface area contributed by atoms with Crippen molar-refractivity contribution in [2.24, 2.45) is 0 Å². The lowest BCUT2D eigenvalue weighted by Crippen LogP contribution is -2.16. The van der Waals surface area contributed by atoms with Crippen molar-refractivity contribution in [2.75, 3.05) is 5.32 Å². The first kappa shape index (κ1) is 16.8. The van der Waals surface area contributed by atoms with Crippen molar-refractivity contribution in [1.29, 1.82) is 0 Å². The van der Waals surface area contributed by atoms with Crippen LogP contribution in [0.5, 0.6) is 0 Å². The Kier molecular flexibility index (Phi) is 4.31. The summed E-state index contributed by atoms with van der Waals surface area (Å²) in [5.41, 5.74) is -0.774. The van der Waals surface area contributed by atoms with Crippen molar-refractivity contribution in [1.82, 2.24) is 0 Å². The summed E-state index contributed by atoms with van der Waals surface area (Å²) in [4.78, 5) is 12.2. The number of halogens is 4. The summed E-state index contributed by atoms with van der Waals surface area (Å²) in [5.74, 6) is -1.09. The fourth-order valence-electron chi connectivity index (χ4n) is 2.25. The zero-order valence-corrected chi connectivity index (χ0v) is 12.6. The first-order chi connectivity index (χ1) is 11.8. The molecule has 7 heteroatoms. The minimum absolute atomic E-state index is 0.156. The lowest BCUT2D eigenvalue weighted by atomic mass is 10.1. The number of carbonyl (C=O) groups excluding carboxylic acids is 1. The van der Waals surface area contributed by atoms with Crippen LogP contribution in [0, 0.1) is 5.82 Å². The Morgan fingerprint density at radius 3 is 2.28 bits per heavy atom. The smallest absolute Gasteiger partial charge is 0.418 e. The Labute approximate surface area is 139 Å². The molecule has 25 heavy (non-hydrogen) atoms. The number of rotatable bonds is 3. The topological polar surface area (TPSA) is 42.2 Å². The summed E-state index contributed by atoms with van der Waals surface area (Å²) in [6, 6.07) is 12.9. The van der Waals surface area contributed by atoms with E-state index in [9.17, 15) is 22.4 Å². The summed E-state index contributed by atoms with van der Waals surface area (Å²) in [5, 5.41) is 2.19. The van der Waals surface area contributed by atoms with Crippen LogP contribution in [0.3, 0.4) is 0 Å². The number of benzene rings is 2. The average Bonchev–Trinajstić information content (AvgIpc) is 3.05. The molecule has 0 unspecified atom stereocenters. The number of para-hydroxylation sites is 1. The van der Waals surface area contributed by atoms with E-state index in [0.717, 1.165) is 12.1 Å². The third-order valence-corrected chi connectivity index (χ3v) is 3.44. The third kappa shape index (κ3) is 3.71. The molecule has 2 aromatic carbocycles. The zero-order valence-electron chi connectivity index (χ0n) is 12.6. The van der Waals surface area contributed by atoms with Crippen molar-refractivity contribution in [3.63, 3.8) is 0 Å². The largest absolute Gasteiger partial charge is 0.451 e. The molecular weight excluding hydrogens is 338 g/mol. The van der Waals surface area contributed by atoms with Crippen LogP contribution in [0.2, 0.25) is 0 Å². The highest BCUT2D eigenvalue weighted by atomic mass is 19.4. The van der Waals surface area contributed by atoms with Crippen LogP contribution < -0.4 is 5.32 Å². The number of amides is 1. The second kappa shape index (κ2) is 6.43. The molecule has 3 aromatic rings. The maximum atomic E-state index is 13.0. The lowest BCUT2D eigenvalue weighted by molar-refractivity contribution is -0.136. The molecule has 128 valence electrons. The number of nitrogens with one attached hydrogen (secondary N) is 1. The van der Waals surface area contributed by atoms with Gasteiger partial charge in [0.15, 0.2) is 5.76 Å². The Morgan fingerprint density at radius 1 is 0.920 bits per heavy atom. The monoisotopic (exact) mass is 349 g/mol. The van der Waals surface area contributed by atoms with Gasteiger partial charge in [0.25, 0.3) is 5.91 Å². The summed E-state index contributed by atoms with van der Waals surface area (Å²) >= 11 is 0. The quantitative estimate of drug-likeness (QED) is 0.647. The fourth-order valence-corrected chi connectivity index (χ4v) is 2.25.